The van der Waals surface area contributed by atoms with Gasteiger partial charge in [-0.2, -0.15) is 5.26 Å². The largest absolute Gasteiger partial charge is 0.350 e. The number of thiazole rings is 1. The van der Waals surface area contributed by atoms with E-state index in [4.69, 9.17) is 0 Å². The van der Waals surface area contributed by atoms with Crippen molar-refractivity contribution in [1.29, 1.82) is 5.26 Å². The average molecular weight is 315 g/mol. The molecule has 4 rings (SSSR count). The van der Waals surface area contributed by atoms with Crippen molar-refractivity contribution in [3.63, 3.8) is 0 Å². The molecule has 3 nitrogen and oxygen atoms in total. The van der Waals surface area contributed by atoms with E-state index >= 15 is 0 Å². The fourth-order valence-corrected chi connectivity index (χ4v) is 3.70. The Morgan fingerprint density at radius 1 is 1.17 bits per heavy atom. The van der Waals surface area contributed by atoms with Gasteiger partial charge in [0.1, 0.15) is 11.1 Å². The summed E-state index contributed by atoms with van der Waals surface area (Å²) in [7, 11) is 2.02. The van der Waals surface area contributed by atoms with Crippen LogP contribution < -0.4 is 0 Å². The lowest BCUT2D eigenvalue weighted by Crippen LogP contribution is -1.82. The molecule has 0 aliphatic rings. The predicted molar refractivity (Wildman–Crippen MR) is 96.0 cm³/mol. The number of allylic oxidation sites excluding steroid dienone is 1. The van der Waals surface area contributed by atoms with Crippen LogP contribution in [0.25, 0.3) is 32.8 Å². The number of para-hydroxylation sites is 2. The molecule has 2 aromatic heterocycles. The highest BCUT2D eigenvalue weighted by molar-refractivity contribution is 7.19. The minimum atomic E-state index is 0.600. The molecule has 23 heavy (non-hydrogen) atoms. The summed E-state index contributed by atoms with van der Waals surface area (Å²) in [6, 6.07) is 18.5. The minimum absolute atomic E-state index is 0.600. The van der Waals surface area contributed by atoms with Crippen molar-refractivity contribution in [2.24, 2.45) is 7.05 Å². The van der Waals surface area contributed by atoms with E-state index in [1.165, 1.54) is 0 Å². The smallest absolute Gasteiger partial charge is 0.135 e. The quantitative estimate of drug-likeness (QED) is 0.496. The fourth-order valence-electron chi connectivity index (χ4n) is 2.77. The van der Waals surface area contributed by atoms with Crippen LogP contribution in [0, 0.1) is 11.3 Å². The Hall–Kier alpha value is -2.90. The van der Waals surface area contributed by atoms with Gasteiger partial charge in [-0.05, 0) is 24.3 Å². The summed E-state index contributed by atoms with van der Waals surface area (Å²) in [6.45, 7) is 0. The molecule has 0 fully saturated rings. The van der Waals surface area contributed by atoms with E-state index in [0.717, 1.165) is 31.7 Å². The van der Waals surface area contributed by atoms with Crippen molar-refractivity contribution < 1.29 is 0 Å². The molecule has 0 saturated heterocycles. The van der Waals surface area contributed by atoms with Gasteiger partial charge < -0.3 is 4.57 Å². The molecule has 0 aliphatic heterocycles. The summed E-state index contributed by atoms with van der Waals surface area (Å²) in [5, 5.41) is 11.5. The number of hydrogen-bond donors (Lipinski definition) is 0. The summed E-state index contributed by atoms with van der Waals surface area (Å²) >= 11 is 1.55. The Balaban J connectivity index is 1.88. The Bertz CT molecular complexity index is 1060. The van der Waals surface area contributed by atoms with Crippen molar-refractivity contribution in [1.82, 2.24) is 9.55 Å². The number of benzene rings is 2. The van der Waals surface area contributed by atoms with Crippen molar-refractivity contribution in [3.8, 4) is 6.07 Å². The van der Waals surface area contributed by atoms with Gasteiger partial charge in [-0.3, -0.25) is 0 Å². The van der Waals surface area contributed by atoms with Crippen LogP contribution in [0.4, 0.5) is 0 Å². The molecule has 0 amide bonds. The van der Waals surface area contributed by atoms with Gasteiger partial charge in [0.25, 0.3) is 0 Å². The minimum Gasteiger partial charge on any atom is -0.350 e. The van der Waals surface area contributed by atoms with Gasteiger partial charge in [-0.25, -0.2) is 4.98 Å². The molecule has 0 unspecified atom stereocenters. The van der Waals surface area contributed by atoms with Crippen molar-refractivity contribution in [3.05, 3.63) is 65.3 Å². The molecule has 0 N–H and O–H groups in total. The van der Waals surface area contributed by atoms with Crippen molar-refractivity contribution in [2.45, 2.75) is 0 Å². The lowest BCUT2D eigenvalue weighted by atomic mass is 10.1. The molecule has 4 aromatic rings. The Morgan fingerprint density at radius 3 is 2.78 bits per heavy atom. The Kier molecular flexibility index (Phi) is 3.22. The molecule has 2 heterocycles. The normalized spacial score (nSPS) is 11.9. The summed E-state index contributed by atoms with van der Waals surface area (Å²) in [4.78, 5) is 4.59. The number of nitriles is 1. The number of nitrogens with zero attached hydrogens (tertiary/aromatic N) is 3. The van der Waals surface area contributed by atoms with Crippen LogP contribution >= 0.6 is 11.3 Å². The lowest BCUT2D eigenvalue weighted by Gasteiger charge is -1.94. The third-order valence-corrected chi connectivity index (χ3v) is 4.94. The molecule has 0 aliphatic carbocycles. The zero-order valence-corrected chi connectivity index (χ0v) is 13.3. The Labute approximate surface area is 137 Å². The van der Waals surface area contributed by atoms with Crippen LogP contribution in [0.5, 0.6) is 0 Å². The van der Waals surface area contributed by atoms with Gasteiger partial charge in [0.05, 0.1) is 15.8 Å². The van der Waals surface area contributed by atoms with Crippen LogP contribution in [-0.4, -0.2) is 9.55 Å². The first-order chi connectivity index (χ1) is 11.3. The average Bonchev–Trinajstić information content (AvgIpc) is 3.14. The van der Waals surface area contributed by atoms with Crippen molar-refractivity contribution >= 4 is 44.1 Å². The highest BCUT2D eigenvalue weighted by Gasteiger charge is 2.10. The molecule has 0 atom stereocenters. The van der Waals surface area contributed by atoms with E-state index in [-0.39, 0.29) is 0 Å². The highest BCUT2D eigenvalue weighted by atomic mass is 32.1. The van der Waals surface area contributed by atoms with Gasteiger partial charge in [0.2, 0.25) is 0 Å². The second-order valence-electron chi connectivity index (χ2n) is 5.37. The molecule has 0 spiro atoms. The molecule has 0 radical (unpaired) electrons. The molecule has 110 valence electrons. The molecule has 2 aromatic carbocycles. The van der Waals surface area contributed by atoms with E-state index in [1.54, 1.807) is 11.3 Å². The second kappa shape index (κ2) is 5.38. The number of hydrogen-bond acceptors (Lipinski definition) is 3. The molecular formula is C19H13N3S. The van der Waals surface area contributed by atoms with E-state index in [9.17, 15) is 5.26 Å². The van der Waals surface area contributed by atoms with Crippen molar-refractivity contribution in [2.75, 3.05) is 0 Å². The monoisotopic (exact) mass is 315 g/mol. The molecule has 0 bridgehead atoms. The van der Waals surface area contributed by atoms with E-state index in [0.29, 0.717) is 5.57 Å². The van der Waals surface area contributed by atoms with Gasteiger partial charge >= 0.3 is 0 Å². The van der Waals surface area contributed by atoms with E-state index in [1.807, 2.05) is 49.5 Å². The molecular weight excluding hydrogens is 302 g/mol. The number of rotatable bonds is 2. The maximum Gasteiger partial charge on any atom is 0.135 e. The van der Waals surface area contributed by atoms with Gasteiger partial charge in [-0.15, -0.1) is 11.3 Å². The second-order valence-corrected chi connectivity index (χ2v) is 6.40. The molecule has 0 saturated carbocycles. The summed E-state index contributed by atoms with van der Waals surface area (Å²) in [5.74, 6) is 0. The zero-order valence-electron chi connectivity index (χ0n) is 12.5. The number of aryl methyl sites for hydroxylation is 1. The van der Waals surface area contributed by atoms with Crippen LogP contribution in [0.15, 0.2) is 54.7 Å². The first kappa shape index (κ1) is 13.7. The summed E-state index contributed by atoms with van der Waals surface area (Å²) in [5.41, 5.74) is 3.73. The fraction of sp³-hybridized carbons (Fsp3) is 0.0526. The lowest BCUT2D eigenvalue weighted by molar-refractivity contribution is 0.968. The highest BCUT2D eigenvalue weighted by Crippen LogP contribution is 2.30. The number of aromatic nitrogens is 2. The van der Waals surface area contributed by atoms with Crippen LogP contribution in [0.1, 0.15) is 10.6 Å². The summed E-state index contributed by atoms with van der Waals surface area (Å²) < 4.78 is 3.18. The van der Waals surface area contributed by atoms with E-state index in [2.05, 4.69) is 33.9 Å². The topological polar surface area (TPSA) is 41.6 Å². The summed E-state index contributed by atoms with van der Waals surface area (Å²) in [6.07, 6.45) is 3.98. The maximum absolute atomic E-state index is 9.59. The SMILES string of the molecule is Cn1cc(C=C(C#N)c2nc3ccccc3s2)c2ccccc21. The van der Waals surface area contributed by atoms with Gasteiger partial charge in [0, 0.05) is 29.7 Å². The standard InChI is InChI=1S/C19H13N3S/c1-22-12-14(15-6-2-4-8-17(15)22)10-13(11-20)19-21-16-7-3-5-9-18(16)23-19/h2-10,12H,1H3. The maximum atomic E-state index is 9.59. The third-order valence-electron chi connectivity index (χ3n) is 3.87. The predicted octanol–water partition coefficient (Wildman–Crippen LogP) is 4.85. The molecule has 4 heteroatoms. The number of fused-ring (bicyclic) bond motifs is 2. The third kappa shape index (κ3) is 2.32. The van der Waals surface area contributed by atoms with E-state index < -0.39 is 0 Å². The van der Waals surface area contributed by atoms with Gasteiger partial charge in [0.15, 0.2) is 0 Å². The first-order valence-corrected chi connectivity index (χ1v) is 8.10. The van der Waals surface area contributed by atoms with Gasteiger partial charge in [-0.1, -0.05) is 30.3 Å². The van der Waals surface area contributed by atoms with Crippen LogP contribution in [0.2, 0.25) is 0 Å². The Morgan fingerprint density at radius 2 is 1.96 bits per heavy atom. The zero-order chi connectivity index (χ0) is 15.8. The van der Waals surface area contributed by atoms with Crippen LogP contribution in [-0.2, 0) is 7.05 Å². The van der Waals surface area contributed by atoms with Crippen LogP contribution in [0.3, 0.4) is 0 Å². The first-order valence-electron chi connectivity index (χ1n) is 7.28.